The van der Waals surface area contributed by atoms with Crippen molar-refractivity contribution in [3.63, 3.8) is 0 Å². The van der Waals surface area contributed by atoms with Crippen LogP contribution in [0.25, 0.3) is 0 Å². The Labute approximate surface area is 132 Å². The predicted octanol–water partition coefficient (Wildman–Crippen LogP) is 1.65. The van der Waals surface area contributed by atoms with Gasteiger partial charge in [-0.1, -0.05) is 6.07 Å². The molecule has 3 rings (SSSR count). The third-order valence-corrected chi connectivity index (χ3v) is 3.97. The summed E-state index contributed by atoms with van der Waals surface area (Å²) in [5, 5.41) is 8.74. The van der Waals surface area contributed by atoms with E-state index in [4.69, 9.17) is 9.84 Å². The number of ether oxygens (including phenoxy) is 1. The average Bonchev–Trinajstić information content (AvgIpc) is 2.73. The van der Waals surface area contributed by atoms with Crippen LogP contribution in [0, 0.1) is 6.92 Å². The largest absolute Gasteiger partial charge is 0.488 e. The van der Waals surface area contributed by atoms with Gasteiger partial charge in [0.1, 0.15) is 12.4 Å². The van der Waals surface area contributed by atoms with Crippen LogP contribution >= 0.6 is 0 Å². The van der Waals surface area contributed by atoms with Crippen molar-refractivity contribution in [3.05, 3.63) is 52.3 Å². The van der Waals surface area contributed by atoms with Gasteiger partial charge in [-0.05, 0) is 30.7 Å². The standard InChI is InChI=1S/C17H15NO5/c1-9-3-4-12-14(5-9)23-8-10-6-11(7-13(19)17(21)22)18(2)15(10)16(12)20/h3-6H,7-8H2,1-2H3,(H,21,22). The number of hydrogen-bond donors (Lipinski definition) is 1. The summed E-state index contributed by atoms with van der Waals surface area (Å²) in [7, 11) is 1.65. The molecule has 118 valence electrons. The number of hydrogen-bond acceptors (Lipinski definition) is 4. The van der Waals surface area contributed by atoms with E-state index >= 15 is 0 Å². The van der Waals surface area contributed by atoms with Crippen molar-refractivity contribution in [1.82, 2.24) is 4.57 Å². The van der Waals surface area contributed by atoms with Gasteiger partial charge in [-0.25, -0.2) is 4.79 Å². The highest BCUT2D eigenvalue weighted by Crippen LogP contribution is 2.30. The van der Waals surface area contributed by atoms with E-state index in [-0.39, 0.29) is 18.8 Å². The molecule has 6 heteroatoms. The molecule has 6 nitrogen and oxygen atoms in total. The van der Waals surface area contributed by atoms with Crippen LogP contribution in [0.1, 0.15) is 32.9 Å². The fourth-order valence-corrected chi connectivity index (χ4v) is 2.76. The summed E-state index contributed by atoms with van der Waals surface area (Å²) in [6, 6.07) is 7.03. The maximum atomic E-state index is 12.8. The molecule has 0 unspecified atom stereocenters. The molecule has 23 heavy (non-hydrogen) atoms. The van der Waals surface area contributed by atoms with Gasteiger partial charge in [0.25, 0.3) is 0 Å². The first-order valence-corrected chi connectivity index (χ1v) is 7.10. The van der Waals surface area contributed by atoms with Crippen LogP contribution in [0.15, 0.2) is 24.3 Å². The number of aliphatic carboxylic acids is 1. The topological polar surface area (TPSA) is 85.6 Å². The summed E-state index contributed by atoms with van der Waals surface area (Å²) >= 11 is 0. The van der Waals surface area contributed by atoms with Crippen LogP contribution in [0.5, 0.6) is 5.75 Å². The second-order valence-corrected chi connectivity index (χ2v) is 5.59. The van der Waals surface area contributed by atoms with Gasteiger partial charge >= 0.3 is 5.97 Å². The van der Waals surface area contributed by atoms with Crippen LogP contribution in [0.2, 0.25) is 0 Å². The van der Waals surface area contributed by atoms with Gasteiger partial charge in [-0.15, -0.1) is 0 Å². The quantitative estimate of drug-likeness (QED) is 0.871. The molecule has 1 aliphatic rings. The number of nitrogens with zero attached hydrogens (tertiary/aromatic N) is 1. The van der Waals surface area contributed by atoms with Gasteiger partial charge in [0.2, 0.25) is 11.6 Å². The first-order chi connectivity index (χ1) is 10.9. The Bertz CT molecular complexity index is 847. The Morgan fingerprint density at radius 3 is 2.74 bits per heavy atom. The first kappa shape index (κ1) is 15.0. The fraction of sp³-hybridized carbons (Fsp3) is 0.235. The molecular weight excluding hydrogens is 298 g/mol. The molecule has 0 amide bonds. The summed E-state index contributed by atoms with van der Waals surface area (Å²) in [6.07, 6.45) is -0.257. The maximum Gasteiger partial charge on any atom is 0.372 e. The molecule has 0 saturated carbocycles. The Kier molecular flexibility index (Phi) is 3.52. The van der Waals surface area contributed by atoms with Crippen LogP contribution in [-0.2, 0) is 29.7 Å². The van der Waals surface area contributed by atoms with Crippen molar-refractivity contribution in [1.29, 1.82) is 0 Å². The number of carboxylic acid groups (broad SMARTS) is 1. The zero-order chi connectivity index (χ0) is 16.7. The molecule has 0 aliphatic carbocycles. The van der Waals surface area contributed by atoms with E-state index in [0.29, 0.717) is 28.3 Å². The van der Waals surface area contributed by atoms with Crippen molar-refractivity contribution in [3.8, 4) is 5.75 Å². The molecule has 0 radical (unpaired) electrons. The molecule has 0 bridgehead atoms. The second kappa shape index (κ2) is 5.39. The van der Waals surface area contributed by atoms with Crippen molar-refractivity contribution in [2.45, 2.75) is 20.0 Å². The van der Waals surface area contributed by atoms with Crippen molar-refractivity contribution < 1.29 is 24.2 Å². The molecule has 1 aliphatic heterocycles. The molecule has 0 spiro atoms. The van der Waals surface area contributed by atoms with Crippen molar-refractivity contribution in [2.75, 3.05) is 0 Å². The Morgan fingerprint density at radius 2 is 2.04 bits per heavy atom. The third kappa shape index (κ3) is 2.52. The molecule has 1 aromatic carbocycles. The van der Waals surface area contributed by atoms with Crippen LogP contribution < -0.4 is 4.74 Å². The number of carbonyl (C=O) groups excluding carboxylic acids is 2. The maximum absolute atomic E-state index is 12.8. The zero-order valence-electron chi connectivity index (χ0n) is 12.8. The van der Waals surface area contributed by atoms with Gasteiger partial charge in [0.05, 0.1) is 17.7 Å². The summed E-state index contributed by atoms with van der Waals surface area (Å²) in [5.41, 5.74) is 3.03. The number of benzene rings is 1. The third-order valence-electron chi connectivity index (χ3n) is 3.97. The number of ketones is 2. The van der Waals surface area contributed by atoms with E-state index in [0.717, 1.165) is 5.56 Å². The molecule has 0 fully saturated rings. The lowest BCUT2D eigenvalue weighted by molar-refractivity contribution is -0.148. The minimum absolute atomic E-state index is 0.191. The number of aryl methyl sites for hydroxylation is 1. The summed E-state index contributed by atoms with van der Waals surface area (Å²) in [6.45, 7) is 2.12. The van der Waals surface area contributed by atoms with Crippen LogP contribution in [0.3, 0.4) is 0 Å². The summed E-state index contributed by atoms with van der Waals surface area (Å²) in [5.74, 6) is -2.05. The zero-order valence-corrected chi connectivity index (χ0v) is 12.8. The SMILES string of the molecule is Cc1ccc2c(c1)OCc1cc(CC(=O)C(=O)O)n(C)c1C2=O. The number of rotatable bonds is 3. The molecule has 1 aromatic heterocycles. The summed E-state index contributed by atoms with van der Waals surface area (Å²) in [4.78, 5) is 34.9. The van der Waals surface area contributed by atoms with Crippen molar-refractivity contribution >= 4 is 17.5 Å². The van der Waals surface area contributed by atoms with Crippen molar-refractivity contribution in [2.24, 2.45) is 7.05 Å². The minimum Gasteiger partial charge on any atom is -0.488 e. The Morgan fingerprint density at radius 1 is 1.30 bits per heavy atom. The lowest BCUT2D eigenvalue weighted by Crippen LogP contribution is -2.18. The van der Waals surface area contributed by atoms with Gasteiger partial charge in [0, 0.05) is 18.3 Å². The number of carboxylic acids is 1. The van der Waals surface area contributed by atoms with Gasteiger partial charge < -0.3 is 14.4 Å². The molecule has 1 N–H and O–H groups in total. The lowest BCUT2D eigenvalue weighted by Gasteiger charge is -2.08. The first-order valence-electron chi connectivity index (χ1n) is 7.10. The van der Waals surface area contributed by atoms with E-state index in [2.05, 4.69) is 0 Å². The van der Waals surface area contributed by atoms with E-state index in [1.54, 1.807) is 23.7 Å². The number of fused-ring (bicyclic) bond motifs is 2. The van der Waals surface area contributed by atoms with Crippen LogP contribution in [0.4, 0.5) is 0 Å². The van der Waals surface area contributed by atoms with E-state index in [1.807, 2.05) is 19.1 Å². The number of carbonyl (C=O) groups is 3. The predicted molar refractivity (Wildman–Crippen MR) is 80.7 cm³/mol. The molecule has 2 aromatic rings. The van der Waals surface area contributed by atoms with Crippen LogP contribution in [-0.4, -0.2) is 27.2 Å². The highest BCUT2D eigenvalue weighted by molar-refractivity contribution is 6.33. The fourth-order valence-electron chi connectivity index (χ4n) is 2.76. The smallest absolute Gasteiger partial charge is 0.372 e. The average molecular weight is 313 g/mol. The highest BCUT2D eigenvalue weighted by Gasteiger charge is 2.27. The van der Waals surface area contributed by atoms with E-state index < -0.39 is 11.8 Å². The Hall–Kier alpha value is -2.89. The van der Waals surface area contributed by atoms with Gasteiger partial charge in [-0.3, -0.25) is 9.59 Å². The lowest BCUT2D eigenvalue weighted by atomic mass is 10.0. The number of Topliss-reactive ketones (excluding diaryl/α,β-unsaturated/α-hetero) is 1. The normalized spacial score (nSPS) is 12.9. The Balaban J connectivity index is 2.05. The van der Waals surface area contributed by atoms with Gasteiger partial charge in [-0.2, -0.15) is 0 Å². The molecule has 2 heterocycles. The minimum atomic E-state index is -1.48. The summed E-state index contributed by atoms with van der Waals surface area (Å²) < 4.78 is 7.29. The van der Waals surface area contributed by atoms with E-state index in [9.17, 15) is 14.4 Å². The number of aromatic nitrogens is 1. The monoisotopic (exact) mass is 313 g/mol. The highest BCUT2D eigenvalue weighted by atomic mass is 16.5. The second-order valence-electron chi connectivity index (χ2n) is 5.59. The van der Waals surface area contributed by atoms with E-state index in [1.165, 1.54) is 0 Å². The van der Waals surface area contributed by atoms with Gasteiger partial charge in [0.15, 0.2) is 0 Å². The molecular formula is C17H15NO5. The molecule has 0 atom stereocenters. The molecule has 0 saturated heterocycles.